The van der Waals surface area contributed by atoms with Gasteiger partial charge in [0, 0.05) is 30.3 Å². The molecule has 5 N–H and O–H groups in total. The zero-order valence-corrected chi connectivity index (χ0v) is 22.0. The summed E-state index contributed by atoms with van der Waals surface area (Å²) in [5, 5.41) is 44.0. The predicted octanol–water partition coefficient (Wildman–Crippen LogP) is 3.49. The van der Waals surface area contributed by atoms with Gasteiger partial charge in [-0.05, 0) is 49.1 Å². The van der Waals surface area contributed by atoms with E-state index in [0.29, 0.717) is 24.1 Å². The van der Waals surface area contributed by atoms with Crippen LogP contribution in [0.15, 0.2) is 71.6 Å². The number of amides is 1. The molecule has 3 aromatic rings. The van der Waals surface area contributed by atoms with Gasteiger partial charge in [-0.2, -0.15) is 0 Å². The molecule has 0 saturated carbocycles. The van der Waals surface area contributed by atoms with Crippen molar-refractivity contribution in [1.29, 1.82) is 0 Å². The molecule has 3 aromatic carbocycles. The lowest BCUT2D eigenvalue weighted by atomic mass is 9.99. The minimum Gasteiger partial charge on any atom is -0.508 e. The first kappa shape index (κ1) is 28.2. The maximum atomic E-state index is 13.4. The highest BCUT2D eigenvalue weighted by molar-refractivity contribution is 7.82. The highest BCUT2D eigenvalue weighted by atomic mass is 32.2. The average molecular weight is 527 g/mol. The normalized spacial score (nSPS) is 13.9. The molecule has 0 fully saturated rings. The van der Waals surface area contributed by atoms with Crippen LogP contribution < -0.4 is 5.32 Å². The summed E-state index contributed by atoms with van der Waals surface area (Å²) in [5.41, 5.74) is 1.62. The largest absolute Gasteiger partial charge is 0.508 e. The van der Waals surface area contributed by atoms with Crippen molar-refractivity contribution in [3.63, 3.8) is 0 Å². The van der Waals surface area contributed by atoms with Crippen LogP contribution in [0.1, 0.15) is 35.3 Å². The van der Waals surface area contributed by atoms with Crippen LogP contribution in [0.4, 0.5) is 0 Å². The maximum absolute atomic E-state index is 13.4. The summed E-state index contributed by atoms with van der Waals surface area (Å²) in [6.07, 6.45) is -0.795. The first-order valence-corrected chi connectivity index (χ1v) is 13.2. The second-order valence-corrected chi connectivity index (χ2v) is 10.9. The summed E-state index contributed by atoms with van der Waals surface area (Å²) in [7, 11) is -1.79. The lowest BCUT2D eigenvalue weighted by molar-refractivity contribution is 0.0779. The zero-order valence-electron chi connectivity index (χ0n) is 21.2. The quantitative estimate of drug-likeness (QED) is 0.260. The summed E-state index contributed by atoms with van der Waals surface area (Å²) in [5.74, 6) is -0.782. The Bertz CT molecular complexity index is 1210. The molecule has 8 nitrogen and oxygen atoms in total. The van der Waals surface area contributed by atoms with Gasteiger partial charge >= 0.3 is 0 Å². The molecule has 0 saturated heterocycles. The van der Waals surface area contributed by atoms with Crippen molar-refractivity contribution in [2.75, 3.05) is 13.1 Å². The summed E-state index contributed by atoms with van der Waals surface area (Å²) in [6.45, 7) is 5.86. The minimum absolute atomic E-state index is 0.000629. The highest BCUT2D eigenvalue weighted by Crippen LogP contribution is 2.25. The zero-order chi connectivity index (χ0) is 27.1. The smallest absolute Gasteiger partial charge is 0.252 e. The molecule has 9 heteroatoms. The van der Waals surface area contributed by atoms with Gasteiger partial charge in [-0.3, -0.25) is 4.79 Å². The molecule has 0 aliphatic heterocycles. The van der Waals surface area contributed by atoms with Gasteiger partial charge in [0.15, 0.2) is 0 Å². The van der Waals surface area contributed by atoms with Crippen LogP contribution in [0.5, 0.6) is 17.2 Å². The predicted molar refractivity (Wildman–Crippen MR) is 143 cm³/mol. The van der Waals surface area contributed by atoms with E-state index in [1.807, 2.05) is 44.2 Å². The van der Waals surface area contributed by atoms with Crippen LogP contribution in [-0.4, -0.2) is 60.1 Å². The Hall–Kier alpha value is -3.40. The number of aliphatic hydroxyl groups excluding tert-OH is 1. The standard InChI is InChI=1S/C28H34N2O6S/c1-18(2)16-30(37(36)23-14-21(31)13-22(32)15-23)17-27(34)25(12-20-8-5-4-6-9-20)29-28(35)24-10-7-11-26(33)19(24)3/h4-11,13-15,18,25,27,31-34H,12,16-17H2,1-3H3,(H,29,35)/t25-,27+,37?/m0/s1. The Balaban J connectivity index is 1.88. The van der Waals surface area contributed by atoms with Crippen molar-refractivity contribution in [3.05, 3.63) is 83.4 Å². The molecule has 0 aliphatic rings. The van der Waals surface area contributed by atoms with Crippen LogP contribution in [0.2, 0.25) is 0 Å². The number of aromatic hydroxyl groups is 3. The first-order valence-electron chi connectivity index (χ1n) is 12.1. The van der Waals surface area contributed by atoms with Gasteiger partial charge in [0.05, 0.1) is 17.0 Å². The van der Waals surface area contributed by atoms with Gasteiger partial charge in [0.2, 0.25) is 0 Å². The van der Waals surface area contributed by atoms with Gasteiger partial charge in [0.25, 0.3) is 5.91 Å². The molecule has 3 rings (SSSR count). The summed E-state index contributed by atoms with van der Waals surface area (Å²) < 4.78 is 15.0. The van der Waals surface area contributed by atoms with Crippen LogP contribution in [0, 0.1) is 12.8 Å². The SMILES string of the molecule is Cc1c(O)cccc1C(=O)N[C@@H](Cc1ccccc1)[C@H](O)CN(CC(C)C)S(=O)c1cc(O)cc(O)c1. The van der Waals surface area contributed by atoms with Crippen LogP contribution in [0.25, 0.3) is 0 Å². The van der Waals surface area contributed by atoms with Gasteiger partial charge in [-0.25, -0.2) is 8.51 Å². The van der Waals surface area contributed by atoms with E-state index in [0.717, 1.165) is 11.6 Å². The number of phenols is 3. The lowest BCUT2D eigenvalue weighted by Gasteiger charge is -2.30. The molecule has 0 aliphatic carbocycles. The molecule has 0 bridgehead atoms. The molecule has 3 atom stereocenters. The first-order chi connectivity index (χ1) is 17.5. The van der Waals surface area contributed by atoms with Gasteiger partial charge in [-0.1, -0.05) is 50.2 Å². The molecule has 37 heavy (non-hydrogen) atoms. The van der Waals surface area contributed by atoms with Crippen molar-refractivity contribution in [1.82, 2.24) is 9.62 Å². The Kier molecular flexibility index (Phi) is 9.68. The molecular formula is C28H34N2O6S. The second kappa shape index (κ2) is 12.7. The van der Waals surface area contributed by atoms with Crippen molar-refractivity contribution < 1.29 is 29.4 Å². The third-order valence-electron chi connectivity index (χ3n) is 5.90. The van der Waals surface area contributed by atoms with E-state index in [1.54, 1.807) is 23.4 Å². The number of benzene rings is 3. The summed E-state index contributed by atoms with van der Waals surface area (Å²) >= 11 is 0. The lowest BCUT2D eigenvalue weighted by Crippen LogP contribution is -2.50. The number of phenolic OH excluding ortho intramolecular Hbond substituents is 3. The number of rotatable bonds is 11. The van der Waals surface area contributed by atoms with E-state index in [1.165, 1.54) is 18.2 Å². The fourth-order valence-corrected chi connectivity index (χ4v) is 5.50. The molecular weight excluding hydrogens is 492 g/mol. The Morgan fingerprint density at radius 3 is 2.22 bits per heavy atom. The number of nitrogens with zero attached hydrogens (tertiary/aromatic N) is 1. The molecule has 0 spiro atoms. The number of carbonyl (C=O) groups is 1. The van der Waals surface area contributed by atoms with E-state index in [9.17, 15) is 29.4 Å². The van der Waals surface area contributed by atoms with E-state index in [4.69, 9.17) is 0 Å². The van der Waals surface area contributed by atoms with Crippen molar-refractivity contribution in [2.45, 2.75) is 44.2 Å². The number of carbonyl (C=O) groups excluding carboxylic acids is 1. The van der Waals surface area contributed by atoms with Crippen molar-refractivity contribution in [3.8, 4) is 17.2 Å². The minimum atomic E-state index is -1.79. The Labute approximate surface area is 219 Å². The van der Waals surface area contributed by atoms with E-state index in [-0.39, 0.29) is 34.6 Å². The number of aliphatic hydroxyl groups is 1. The van der Waals surface area contributed by atoms with E-state index < -0.39 is 29.0 Å². The van der Waals surface area contributed by atoms with Crippen molar-refractivity contribution in [2.24, 2.45) is 5.92 Å². The molecule has 1 amide bonds. The average Bonchev–Trinajstić information content (AvgIpc) is 2.84. The van der Waals surface area contributed by atoms with E-state index >= 15 is 0 Å². The van der Waals surface area contributed by atoms with Gasteiger partial charge in [0.1, 0.15) is 28.2 Å². The number of hydrogen-bond donors (Lipinski definition) is 5. The molecule has 1 unspecified atom stereocenters. The number of hydrogen-bond acceptors (Lipinski definition) is 6. The fraction of sp³-hybridized carbons (Fsp3) is 0.321. The third-order valence-corrected chi connectivity index (χ3v) is 7.31. The topological polar surface area (TPSA) is 130 Å². The molecule has 0 aromatic heterocycles. The van der Waals surface area contributed by atoms with Crippen molar-refractivity contribution >= 4 is 16.9 Å². The van der Waals surface area contributed by atoms with Gasteiger partial charge < -0.3 is 25.7 Å². The number of nitrogens with one attached hydrogen (secondary N) is 1. The third kappa shape index (κ3) is 7.79. The highest BCUT2D eigenvalue weighted by Gasteiger charge is 2.28. The second-order valence-electron chi connectivity index (χ2n) is 9.46. The van der Waals surface area contributed by atoms with E-state index in [2.05, 4.69) is 5.32 Å². The molecule has 198 valence electrons. The van der Waals surface area contributed by atoms with Crippen LogP contribution in [0.3, 0.4) is 0 Å². The van der Waals surface area contributed by atoms with Crippen LogP contribution >= 0.6 is 0 Å². The summed E-state index contributed by atoms with van der Waals surface area (Å²) in [6, 6.07) is 17.1. The Morgan fingerprint density at radius 1 is 0.946 bits per heavy atom. The Morgan fingerprint density at radius 2 is 1.59 bits per heavy atom. The molecule has 0 heterocycles. The van der Waals surface area contributed by atoms with Crippen LogP contribution in [-0.2, 0) is 17.4 Å². The maximum Gasteiger partial charge on any atom is 0.252 e. The fourth-order valence-electron chi connectivity index (χ4n) is 4.04. The van der Waals surface area contributed by atoms with Gasteiger partial charge in [-0.15, -0.1) is 0 Å². The summed E-state index contributed by atoms with van der Waals surface area (Å²) in [4.78, 5) is 13.4. The monoisotopic (exact) mass is 526 g/mol. The molecule has 0 radical (unpaired) electrons.